The van der Waals surface area contributed by atoms with E-state index in [0.717, 1.165) is 24.2 Å². The van der Waals surface area contributed by atoms with Gasteiger partial charge in [0.15, 0.2) is 0 Å². The van der Waals surface area contributed by atoms with Crippen LogP contribution < -0.4 is 11.5 Å². The molecule has 2 unspecified atom stereocenters. The molecular weight excluding hydrogens is 188 g/mol. The summed E-state index contributed by atoms with van der Waals surface area (Å²) in [5, 5.41) is 0. The molecular formula is C11H18N4. The summed E-state index contributed by atoms with van der Waals surface area (Å²) in [7, 11) is 0. The van der Waals surface area contributed by atoms with Gasteiger partial charge in [0.25, 0.3) is 0 Å². The van der Waals surface area contributed by atoms with Crippen LogP contribution in [0.3, 0.4) is 0 Å². The molecule has 4 nitrogen and oxygen atoms in total. The Morgan fingerprint density at radius 2 is 2.00 bits per heavy atom. The van der Waals surface area contributed by atoms with E-state index in [1.807, 2.05) is 13.0 Å². The van der Waals surface area contributed by atoms with Crippen molar-refractivity contribution in [2.24, 2.45) is 5.73 Å². The van der Waals surface area contributed by atoms with E-state index in [9.17, 15) is 0 Å². The average Bonchev–Trinajstić information content (AvgIpc) is 2.16. The number of hydrogen-bond acceptors (Lipinski definition) is 4. The predicted molar refractivity (Wildman–Crippen MR) is 60.4 cm³/mol. The molecule has 2 atom stereocenters. The molecule has 0 amide bonds. The molecule has 1 aliphatic rings. The Morgan fingerprint density at radius 3 is 2.67 bits per heavy atom. The van der Waals surface area contributed by atoms with Crippen molar-refractivity contribution in [1.29, 1.82) is 0 Å². The Bertz CT molecular complexity index is 330. The Hall–Kier alpha value is -1.16. The van der Waals surface area contributed by atoms with Gasteiger partial charge in [-0.1, -0.05) is 12.8 Å². The number of hydrogen-bond donors (Lipinski definition) is 2. The van der Waals surface area contributed by atoms with Gasteiger partial charge < -0.3 is 11.5 Å². The summed E-state index contributed by atoms with van der Waals surface area (Å²) in [5.74, 6) is 0.727. The molecule has 1 fully saturated rings. The first-order valence-electron chi connectivity index (χ1n) is 5.53. The highest BCUT2D eigenvalue weighted by Gasteiger charge is 2.24. The van der Waals surface area contributed by atoms with Crippen molar-refractivity contribution < 1.29 is 0 Å². The first-order valence-corrected chi connectivity index (χ1v) is 5.53. The van der Waals surface area contributed by atoms with Crippen LogP contribution in [0.5, 0.6) is 0 Å². The summed E-state index contributed by atoms with van der Waals surface area (Å²) in [6.07, 6.45) is 4.68. The van der Waals surface area contributed by atoms with E-state index in [-0.39, 0.29) is 6.04 Å². The van der Waals surface area contributed by atoms with Crippen LogP contribution in [0.1, 0.15) is 43.0 Å². The molecule has 1 saturated carbocycles. The fourth-order valence-corrected chi connectivity index (χ4v) is 2.33. The summed E-state index contributed by atoms with van der Waals surface area (Å²) >= 11 is 0. The van der Waals surface area contributed by atoms with Gasteiger partial charge in [0.1, 0.15) is 0 Å². The second-order valence-electron chi connectivity index (χ2n) is 4.35. The number of aromatic nitrogens is 2. The lowest BCUT2D eigenvalue weighted by atomic mass is 9.83. The molecule has 2 rings (SSSR count). The van der Waals surface area contributed by atoms with Gasteiger partial charge in [-0.3, -0.25) is 0 Å². The standard InChI is InChI=1S/C11H18N4/c1-7-6-10(15-11(13)14-7)8-4-2-3-5-9(8)12/h6,8-9H,2-5,12H2,1H3,(H2,13,14,15). The number of nitrogens with two attached hydrogens (primary N) is 2. The van der Waals surface area contributed by atoms with Gasteiger partial charge in [-0.15, -0.1) is 0 Å². The molecule has 1 aliphatic carbocycles. The molecule has 4 heteroatoms. The quantitative estimate of drug-likeness (QED) is 0.727. The number of nitrogen functional groups attached to an aromatic ring is 1. The van der Waals surface area contributed by atoms with Crippen LogP contribution in [-0.4, -0.2) is 16.0 Å². The molecule has 82 valence electrons. The van der Waals surface area contributed by atoms with Crippen LogP contribution in [-0.2, 0) is 0 Å². The lowest BCUT2D eigenvalue weighted by Crippen LogP contribution is -2.32. The van der Waals surface area contributed by atoms with Crippen molar-refractivity contribution in [3.63, 3.8) is 0 Å². The van der Waals surface area contributed by atoms with Crippen LogP contribution in [0, 0.1) is 6.92 Å². The molecule has 0 radical (unpaired) electrons. The molecule has 0 bridgehead atoms. The topological polar surface area (TPSA) is 77.8 Å². The van der Waals surface area contributed by atoms with E-state index in [2.05, 4.69) is 9.97 Å². The van der Waals surface area contributed by atoms with Crippen LogP contribution in [0.4, 0.5) is 5.95 Å². The molecule has 0 aromatic carbocycles. The van der Waals surface area contributed by atoms with Crippen LogP contribution in [0.15, 0.2) is 6.07 Å². The summed E-state index contributed by atoms with van der Waals surface area (Å²) in [6, 6.07) is 2.24. The minimum Gasteiger partial charge on any atom is -0.368 e. The van der Waals surface area contributed by atoms with Crippen molar-refractivity contribution in [2.75, 3.05) is 5.73 Å². The fourth-order valence-electron chi connectivity index (χ4n) is 2.33. The summed E-state index contributed by atoms with van der Waals surface area (Å²) < 4.78 is 0. The second-order valence-corrected chi connectivity index (χ2v) is 4.35. The van der Waals surface area contributed by atoms with Gasteiger partial charge in [-0.25, -0.2) is 9.97 Å². The lowest BCUT2D eigenvalue weighted by Gasteiger charge is -2.28. The van der Waals surface area contributed by atoms with Crippen molar-refractivity contribution in [3.8, 4) is 0 Å². The average molecular weight is 206 g/mol. The van der Waals surface area contributed by atoms with E-state index in [1.54, 1.807) is 0 Å². The van der Waals surface area contributed by atoms with Gasteiger partial charge in [0.05, 0.1) is 5.69 Å². The van der Waals surface area contributed by atoms with Crippen LogP contribution in [0.25, 0.3) is 0 Å². The van der Waals surface area contributed by atoms with E-state index in [4.69, 9.17) is 11.5 Å². The van der Waals surface area contributed by atoms with E-state index < -0.39 is 0 Å². The van der Waals surface area contributed by atoms with Crippen molar-refractivity contribution in [3.05, 3.63) is 17.5 Å². The molecule has 15 heavy (non-hydrogen) atoms. The SMILES string of the molecule is Cc1cc(C2CCCCC2N)nc(N)n1. The summed E-state index contributed by atoms with van der Waals surface area (Å²) in [6.45, 7) is 1.94. The number of anilines is 1. The predicted octanol–water partition coefficient (Wildman–Crippen LogP) is 1.35. The lowest BCUT2D eigenvalue weighted by molar-refractivity contribution is 0.379. The Kier molecular flexibility index (Phi) is 2.86. The van der Waals surface area contributed by atoms with Crippen molar-refractivity contribution >= 4 is 5.95 Å². The minimum absolute atomic E-state index is 0.229. The first kappa shape index (κ1) is 10.4. The van der Waals surface area contributed by atoms with Gasteiger partial charge in [0.2, 0.25) is 5.95 Å². The molecule has 4 N–H and O–H groups in total. The Labute approximate surface area is 90.1 Å². The molecule has 1 heterocycles. The van der Waals surface area contributed by atoms with Crippen molar-refractivity contribution in [2.45, 2.75) is 44.6 Å². The monoisotopic (exact) mass is 206 g/mol. The maximum absolute atomic E-state index is 6.11. The van der Waals surface area contributed by atoms with Gasteiger partial charge in [-0.05, 0) is 25.8 Å². The van der Waals surface area contributed by atoms with Gasteiger partial charge in [-0.2, -0.15) is 0 Å². The van der Waals surface area contributed by atoms with E-state index in [0.29, 0.717) is 11.9 Å². The Morgan fingerprint density at radius 1 is 1.27 bits per heavy atom. The highest BCUT2D eigenvalue weighted by atomic mass is 15.0. The highest BCUT2D eigenvalue weighted by molar-refractivity contribution is 5.25. The summed E-state index contributed by atoms with van der Waals surface area (Å²) in [4.78, 5) is 8.37. The number of nitrogens with zero attached hydrogens (tertiary/aromatic N) is 2. The largest absolute Gasteiger partial charge is 0.368 e. The van der Waals surface area contributed by atoms with E-state index in [1.165, 1.54) is 12.8 Å². The van der Waals surface area contributed by atoms with Crippen LogP contribution in [0.2, 0.25) is 0 Å². The normalized spacial score (nSPS) is 26.5. The van der Waals surface area contributed by atoms with Gasteiger partial charge in [0, 0.05) is 17.7 Å². The fraction of sp³-hybridized carbons (Fsp3) is 0.636. The molecule has 1 aromatic rings. The molecule has 0 saturated heterocycles. The maximum Gasteiger partial charge on any atom is 0.220 e. The highest BCUT2D eigenvalue weighted by Crippen LogP contribution is 2.31. The number of aryl methyl sites for hydroxylation is 1. The third kappa shape index (κ3) is 2.26. The summed E-state index contributed by atoms with van der Waals surface area (Å²) in [5.41, 5.74) is 13.7. The third-order valence-electron chi connectivity index (χ3n) is 3.09. The molecule has 1 aromatic heterocycles. The Balaban J connectivity index is 2.27. The van der Waals surface area contributed by atoms with Crippen molar-refractivity contribution in [1.82, 2.24) is 9.97 Å². The zero-order valence-corrected chi connectivity index (χ0v) is 9.11. The second kappa shape index (κ2) is 4.14. The third-order valence-corrected chi connectivity index (χ3v) is 3.09. The molecule has 0 spiro atoms. The minimum atomic E-state index is 0.229. The number of rotatable bonds is 1. The maximum atomic E-state index is 6.11. The smallest absolute Gasteiger partial charge is 0.220 e. The van der Waals surface area contributed by atoms with Gasteiger partial charge >= 0.3 is 0 Å². The zero-order valence-electron chi connectivity index (χ0n) is 9.11. The molecule has 0 aliphatic heterocycles. The van der Waals surface area contributed by atoms with E-state index >= 15 is 0 Å². The van der Waals surface area contributed by atoms with Crippen LogP contribution >= 0.6 is 0 Å². The first-order chi connectivity index (χ1) is 7.16. The zero-order chi connectivity index (χ0) is 10.8.